The Morgan fingerprint density at radius 3 is 2.29 bits per heavy atom. The monoisotopic (exact) mass is 523 g/mol. The molecular weight excluding hydrogens is 489 g/mol. The van der Waals surface area contributed by atoms with E-state index in [1.807, 2.05) is 6.92 Å². The molecule has 1 fully saturated rings. The Hall–Kier alpha value is -0.870. The van der Waals surface area contributed by atoms with E-state index in [1.165, 1.54) is 22.9 Å². The van der Waals surface area contributed by atoms with Crippen molar-refractivity contribution in [2.24, 2.45) is 4.99 Å². The average Bonchev–Trinajstić information content (AvgIpc) is 2.59. The molecular formula is C20H34IN3O3S. The molecule has 0 unspecified atom stereocenters. The third-order valence-corrected chi connectivity index (χ3v) is 7.16. The molecule has 1 aromatic rings. The van der Waals surface area contributed by atoms with Gasteiger partial charge >= 0.3 is 0 Å². The van der Waals surface area contributed by atoms with E-state index in [0.717, 1.165) is 19.5 Å². The van der Waals surface area contributed by atoms with E-state index in [2.05, 4.69) is 47.7 Å². The van der Waals surface area contributed by atoms with Gasteiger partial charge in [0.05, 0.1) is 11.3 Å². The highest BCUT2D eigenvalue weighted by molar-refractivity contribution is 14.0. The van der Waals surface area contributed by atoms with E-state index in [0.29, 0.717) is 32.0 Å². The minimum atomic E-state index is -3.21. The van der Waals surface area contributed by atoms with Crippen molar-refractivity contribution in [1.29, 1.82) is 0 Å². The second-order valence-electron chi connectivity index (χ2n) is 7.44. The molecule has 1 aliphatic rings. The predicted octanol–water partition coefficient (Wildman–Crippen LogP) is 2.61. The van der Waals surface area contributed by atoms with E-state index >= 15 is 0 Å². The van der Waals surface area contributed by atoms with Crippen molar-refractivity contribution in [3.05, 3.63) is 34.9 Å². The summed E-state index contributed by atoms with van der Waals surface area (Å²) in [6, 6.07) is 6.56. The van der Waals surface area contributed by atoms with Gasteiger partial charge in [-0.25, -0.2) is 8.42 Å². The summed E-state index contributed by atoms with van der Waals surface area (Å²) in [5.74, 6) is 0.663. The van der Waals surface area contributed by atoms with Crippen LogP contribution in [0.3, 0.4) is 0 Å². The highest BCUT2D eigenvalue weighted by Crippen LogP contribution is 2.29. The van der Waals surface area contributed by atoms with E-state index in [1.54, 1.807) is 0 Å². The maximum absolute atomic E-state index is 12.4. The van der Waals surface area contributed by atoms with Crippen LogP contribution in [-0.4, -0.2) is 58.2 Å². The molecule has 0 aromatic heterocycles. The van der Waals surface area contributed by atoms with Gasteiger partial charge in [-0.2, -0.15) is 0 Å². The van der Waals surface area contributed by atoms with Gasteiger partial charge in [0.25, 0.3) is 0 Å². The molecule has 0 aliphatic carbocycles. The molecule has 28 heavy (non-hydrogen) atoms. The van der Waals surface area contributed by atoms with Crippen molar-refractivity contribution < 1.29 is 13.2 Å². The van der Waals surface area contributed by atoms with Crippen molar-refractivity contribution in [2.45, 2.75) is 44.8 Å². The van der Waals surface area contributed by atoms with E-state index < -0.39 is 14.6 Å². The van der Waals surface area contributed by atoms with E-state index in [4.69, 9.17) is 4.74 Å². The van der Waals surface area contributed by atoms with Gasteiger partial charge in [0.15, 0.2) is 15.8 Å². The summed E-state index contributed by atoms with van der Waals surface area (Å²) in [4.78, 5) is 4.60. The smallest absolute Gasteiger partial charge is 0.191 e. The molecule has 0 spiro atoms. The molecule has 1 saturated heterocycles. The Morgan fingerprint density at radius 2 is 1.75 bits per heavy atom. The Bertz CT molecular complexity index is 740. The number of nitrogens with zero attached hydrogens (tertiary/aromatic N) is 1. The van der Waals surface area contributed by atoms with Crippen molar-refractivity contribution in [3.63, 3.8) is 0 Å². The van der Waals surface area contributed by atoms with Gasteiger partial charge in [-0.15, -0.1) is 24.0 Å². The standard InChI is InChI=1S/C20H33N3O3S.HI/c1-5-21-19(22-9-6-18-13-16(2)12-17(3)14-18)23-15-20(27(4,24)25)7-10-26-11-8-20;/h12-14H,5-11,15H2,1-4H3,(H2,21,22,23);1H. The zero-order valence-electron chi connectivity index (χ0n) is 17.4. The van der Waals surface area contributed by atoms with E-state index in [9.17, 15) is 8.42 Å². The minimum absolute atomic E-state index is 0. The van der Waals surface area contributed by atoms with Gasteiger partial charge in [0.2, 0.25) is 0 Å². The zero-order valence-corrected chi connectivity index (χ0v) is 20.5. The summed E-state index contributed by atoms with van der Waals surface area (Å²) in [5.41, 5.74) is 3.81. The number of sulfone groups is 1. The average molecular weight is 523 g/mol. The number of ether oxygens (including phenoxy) is 1. The Kier molecular flexibility index (Phi) is 10.2. The number of guanidine groups is 1. The van der Waals surface area contributed by atoms with Gasteiger partial charge in [-0.05, 0) is 45.6 Å². The van der Waals surface area contributed by atoms with Gasteiger partial charge in [-0.1, -0.05) is 29.3 Å². The number of halogens is 1. The molecule has 160 valence electrons. The van der Waals surface area contributed by atoms with Crippen LogP contribution in [0.25, 0.3) is 0 Å². The quantitative estimate of drug-likeness (QED) is 0.327. The summed E-state index contributed by atoms with van der Waals surface area (Å²) < 4.78 is 29.3. The van der Waals surface area contributed by atoms with Gasteiger partial charge in [0.1, 0.15) is 0 Å². The number of nitrogens with one attached hydrogen (secondary N) is 2. The van der Waals surface area contributed by atoms with Crippen LogP contribution in [0.15, 0.2) is 23.2 Å². The van der Waals surface area contributed by atoms with Crippen molar-refractivity contribution in [1.82, 2.24) is 10.6 Å². The Morgan fingerprint density at radius 1 is 1.14 bits per heavy atom. The first kappa shape index (κ1) is 25.2. The summed E-state index contributed by atoms with van der Waals surface area (Å²) in [5, 5.41) is 6.54. The van der Waals surface area contributed by atoms with Gasteiger partial charge < -0.3 is 15.4 Å². The molecule has 0 atom stereocenters. The molecule has 8 heteroatoms. The lowest BCUT2D eigenvalue weighted by Gasteiger charge is -2.34. The third kappa shape index (κ3) is 7.18. The fourth-order valence-electron chi connectivity index (χ4n) is 3.49. The molecule has 0 radical (unpaired) electrons. The molecule has 0 bridgehead atoms. The SMILES string of the molecule is CCNC(=NCC1(S(C)(=O)=O)CCOCC1)NCCc1cc(C)cc(C)c1.I. The minimum Gasteiger partial charge on any atom is -0.381 e. The number of hydrogen-bond donors (Lipinski definition) is 2. The van der Waals surface area contributed by atoms with Gasteiger partial charge in [0, 0.05) is 32.6 Å². The van der Waals surface area contributed by atoms with Crippen LogP contribution >= 0.6 is 24.0 Å². The number of hydrogen-bond acceptors (Lipinski definition) is 4. The third-order valence-electron chi connectivity index (χ3n) is 5.05. The molecule has 2 rings (SSSR count). The lowest BCUT2D eigenvalue weighted by atomic mass is 9.99. The second kappa shape index (κ2) is 11.3. The Labute approximate surface area is 186 Å². The van der Waals surface area contributed by atoms with Crippen LogP contribution in [0.2, 0.25) is 0 Å². The van der Waals surface area contributed by atoms with Crippen LogP contribution in [0.4, 0.5) is 0 Å². The largest absolute Gasteiger partial charge is 0.381 e. The van der Waals surface area contributed by atoms with Gasteiger partial charge in [-0.3, -0.25) is 4.99 Å². The summed E-state index contributed by atoms with van der Waals surface area (Å²) in [6.07, 6.45) is 3.20. The van der Waals surface area contributed by atoms with Crippen molar-refractivity contribution >= 4 is 39.8 Å². The molecule has 2 N–H and O–H groups in total. The summed E-state index contributed by atoms with van der Waals surface area (Å²) >= 11 is 0. The fraction of sp³-hybridized carbons (Fsp3) is 0.650. The molecule has 0 saturated carbocycles. The highest BCUT2D eigenvalue weighted by atomic mass is 127. The molecule has 1 aromatic carbocycles. The molecule has 6 nitrogen and oxygen atoms in total. The normalized spacial score (nSPS) is 16.9. The van der Waals surface area contributed by atoms with Crippen LogP contribution in [-0.2, 0) is 21.0 Å². The zero-order chi connectivity index (χ0) is 19.9. The Balaban J connectivity index is 0.00000392. The summed E-state index contributed by atoms with van der Waals surface area (Å²) in [7, 11) is -3.21. The van der Waals surface area contributed by atoms with Crippen molar-refractivity contribution in [2.75, 3.05) is 39.1 Å². The lowest BCUT2D eigenvalue weighted by molar-refractivity contribution is 0.0768. The van der Waals surface area contributed by atoms with E-state index in [-0.39, 0.29) is 30.5 Å². The van der Waals surface area contributed by atoms with Crippen LogP contribution in [0.1, 0.15) is 36.5 Å². The van der Waals surface area contributed by atoms with Crippen LogP contribution in [0.5, 0.6) is 0 Å². The fourth-order valence-corrected chi connectivity index (χ4v) is 4.70. The molecule has 1 aliphatic heterocycles. The number of rotatable bonds is 7. The molecule has 1 heterocycles. The number of benzene rings is 1. The first-order valence-electron chi connectivity index (χ1n) is 9.62. The first-order valence-corrected chi connectivity index (χ1v) is 11.5. The maximum atomic E-state index is 12.4. The summed E-state index contributed by atoms with van der Waals surface area (Å²) in [6.45, 7) is 8.88. The second-order valence-corrected chi connectivity index (χ2v) is 9.85. The first-order chi connectivity index (χ1) is 12.8. The van der Waals surface area contributed by atoms with Crippen molar-refractivity contribution in [3.8, 4) is 0 Å². The topological polar surface area (TPSA) is 79.8 Å². The number of aryl methyl sites for hydroxylation is 2. The maximum Gasteiger partial charge on any atom is 0.191 e. The van der Waals surface area contributed by atoms with Crippen LogP contribution in [0, 0.1) is 13.8 Å². The number of aliphatic imine (C=N–C) groups is 1. The molecule has 0 amide bonds. The van der Waals surface area contributed by atoms with Crippen LogP contribution < -0.4 is 10.6 Å². The highest BCUT2D eigenvalue weighted by Gasteiger charge is 2.42. The lowest BCUT2D eigenvalue weighted by Crippen LogP contribution is -2.47. The predicted molar refractivity (Wildman–Crippen MR) is 127 cm³/mol.